The summed E-state index contributed by atoms with van der Waals surface area (Å²) in [4.78, 5) is 34.5. The Hall–Kier alpha value is -2.41. The Balaban J connectivity index is 2.01. The Labute approximate surface area is 154 Å². The van der Waals surface area contributed by atoms with Gasteiger partial charge in [0.25, 0.3) is 5.56 Å². The number of nitrogens with zero attached hydrogens (tertiary/aromatic N) is 4. The smallest absolute Gasteiger partial charge is 0.280 e. The summed E-state index contributed by atoms with van der Waals surface area (Å²) in [7, 11) is 3.15. The van der Waals surface area contributed by atoms with E-state index in [0.29, 0.717) is 27.1 Å². The summed E-state index contributed by atoms with van der Waals surface area (Å²) in [5.74, 6) is 0.543. The van der Waals surface area contributed by atoms with Crippen molar-refractivity contribution in [3.05, 3.63) is 51.2 Å². The quantitative estimate of drug-likeness (QED) is 0.665. The molecule has 134 valence electrons. The van der Waals surface area contributed by atoms with Gasteiger partial charge in [0.15, 0.2) is 11.5 Å². The average molecular weight is 368 g/mol. The van der Waals surface area contributed by atoms with E-state index >= 15 is 0 Å². The van der Waals surface area contributed by atoms with Crippen LogP contribution in [0.3, 0.4) is 0 Å². The van der Waals surface area contributed by atoms with E-state index in [9.17, 15) is 9.59 Å². The second-order valence-electron chi connectivity index (χ2n) is 6.65. The van der Waals surface area contributed by atoms with Crippen LogP contribution >= 0.6 is 11.8 Å². The van der Waals surface area contributed by atoms with E-state index in [4.69, 9.17) is 4.98 Å². The van der Waals surface area contributed by atoms with Gasteiger partial charge in [-0.15, -0.1) is 11.8 Å². The standard InChI is InChI=1S/C19H20N4O2S/c1-22-16-14(18(24)23(2)19(22)25)17(26-13-10-6-7-11-13)21-15(20-16)12-8-4-3-5-9-12/h3-5,8-9,13H,6-7,10-11H2,1-2H3. The van der Waals surface area contributed by atoms with Crippen LogP contribution in [0.15, 0.2) is 44.9 Å². The van der Waals surface area contributed by atoms with Crippen molar-refractivity contribution in [2.45, 2.75) is 36.0 Å². The third kappa shape index (κ3) is 2.86. The fourth-order valence-corrected chi connectivity index (χ4v) is 4.72. The molecule has 0 amide bonds. The molecule has 6 nitrogen and oxygen atoms in total. The Morgan fingerprint density at radius 3 is 2.38 bits per heavy atom. The van der Waals surface area contributed by atoms with E-state index < -0.39 is 0 Å². The number of rotatable bonds is 3. The first-order chi connectivity index (χ1) is 12.6. The minimum absolute atomic E-state index is 0.330. The third-order valence-corrected chi connectivity index (χ3v) is 6.20. The molecule has 0 atom stereocenters. The lowest BCUT2D eigenvalue weighted by Gasteiger charge is -2.14. The Bertz CT molecular complexity index is 1080. The maximum absolute atomic E-state index is 12.8. The number of aryl methyl sites for hydroxylation is 1. The third-order valence-electron chi connectivity index (χ3n) is 4.88. The lowest BCUT2D eigenvalue weighted by molar-refractivity contribution is 0.703. The molecule has 4 rings (SSSR count). The molecule has 0 unspecified atom stereocenters. The van der Waals surface area contributed by atoms with Gasteiger partial charge in [-0.3, -0.25) is 13.9 Å². The van der Waals surface area contributed by atoms with Crippen LogP contribution in [-0.4, -0.2) is 24.4 Å². The Kier molecular flexibility index (Phi) is 4.40. The molecule has 0 N–H and O–H groups in total. The van der Waals surface area contributed by atoms with Crippen molar-refractivity contribution in [2.75, 3.05) is 0 Å². The lowest BCUT2D eigenvalue weighted by Crippen LogP contribution is -2.37. The van der Waals surface area contributed by atoms with Crippen molar-refractivity contribution in [3.8, 4) is 11.4 Å². The van der Waals surface area contributed by atoms with Gasteiger partial charge in [0.2, 0.25) is 0 Å². The molecule has 0 aliphatic heterocycles. The highest BCUT2D eigenvalue weighted by Crippen LogP contribution is 2.36. The number of thioether (sulfide) groups is 1. The second-order valence-corrected chi connectivity index (χ2v) is 7.94. The predicted octanol–water partition coefficient (Wildman–Crippen LogP) is 2.73. The topological polar surface area (TPSA) is 69.8 Å². The Morgan fingerprint density at radius 1 is 1.00 bits per heavy atom. The molecule has 1 fully saturated rings. The van der Waals surface area contributed by atoms with Gasteiger partial charge in [-0.1, -0.05) is 43.2 Å². The van der Waals surface area contributed by atoms with E-state index in [1.165, 1.54) is 24.5 Å². The van der Waals surface area contributed by atoms with Crippen LogP contribution in [0, 0.1) is 0 Å². The highest BCUT2D eigenvalue weighted by Gasteiger charge is 2.23. The van der Waals surface area contributed by atoms with E-state index in [-0.39, 0.29) is 11.2 Å². The van der Waals surface area contributed by atoms with Gasteiger partial charge in [0.1, 0.15) is 10.4 Å². The Morgan fingerprint density at radius 2 is 1.69 bits per heavy atom. The fourth-order valence-electron chi connectivity index (χ4n) is 3.39. The molecule has 0 bridgehead atoms. The zero-order valence-corrected chi connectivity index (χ0v) is 15.6. The van der Waals surface area contributed by atoms with Crippen LogP contribution in [0.25, 0.3) is 22.4 Å². The van der Waals surface area contributed by atoms with Gasteiger partial charge in [-0.2, -0.15) is 0 Å². The van der Waals surface area contributed by atoms with Crippen LogP contribution < -0.4 is 11.2 Å². The summed E-state index contributed by atoms with van der Waals surface area (Å²) in [5.41, 5.74) is 0.559. The number of hydrogen-bond donors (Lipinski definition) is 0. The van der Waals surface area contributed by atoms with Crippen molar-refractivity contribution in [3.63, 3.8) is 0 Å². The SMILES string of the molecule is Cn1c(=O)c2c(SC3CCCC3)nc(-c3ccccc3)nc2n(C)c1=O. The molecule has 0 radical (unpaired) electrons. The fraction of sp³-hybridized carbons (Fsp3) is 0.368. The van der Waals surface area contributed by atoms with Crippen LogP contribution in [0.4, 0.5) is 0 Å². The van der Waals surface area contributed by atoms with Gasteiger partial charge in [-0.25, -0.2) is 14.8 Å². The minimum Gasteiger partial charge on any atom is -0.280 e. The van der Waals surface area contributed by atoms with E-state index in [1.54, 1.807) is 18.8 Å². The number of fused-ring (bicyclic) bond motifs is 1. The van der Waals surface area contributed by atoms with Gasteiger partial charge in [0, 0.05) is 24.9 Å². The van der Waals surface area contributed by atoms with Crippen molar-refractivity contribution >= 4 is 22.8 Å². The molecule has 1 saturated carbocycles. The zero-order valence-electron chi connectivity index (χ0n) is 14.8. The molecular weight excluding hydrogens is 348 g/mol. The van der Waals surface area contributed by atoms with E-state index in [0.717, 1.165) is 23.0 Å². The molecule has 26 heavy (non-hydrogen) atoms. The van der Waals surface area contributed by atoms with Crippen LogP contribution in [0.1, 0.15) is 25.7 Å². The summed E-state index contributed by atoms with van der Waals surface area (Å²) in [6, 6.07) is 9.66. The normalized spacial score (nSPS) is 15.0. The predicted molar refractivity (Wildman–Crippen MR) is 104 cm³/mol. The molecular formula is C19H20N4O2S. The molecule has 7 heteroatoms. The first-order valence-corrected chi connectivity index (χ1v) is 9.64. The van der Waals surface area contributed by atoms with Gasteiger partial charge in [0.05, 0.1) is 0 Å². The average Bonchev–Trinajstić information content (AvgIpc) is 3.18. The summed E-state index contributed by atoms with van der Waals surface area (Å²) < 4.78 is 2.57. The summed E-state index contributed by atoms with van der Waals surface area (Å²) >= 11 is 1.65. The van der Waals surface area contributed by atoms with E-state index in [2.05, 4.69) is 4.98 Å². The maximum Gasteiger partial charge on any atom is 0.332 e. The lowest BCUT2D eigenvalue weighted by atomic mass is 10.2. The second kappa shape index (κ2) is 6.72. The first kappa shape index (κ1) is 17.0. The highest BCUT2D eigenvalue weighted by molar-refractivity contribution is 8.00. The van der Waals surface area contributed by atoms with E-state index in [1.807, 2.05) is 30.3 Å². The summed E-state index contributed by atoms with van der Waals surface area (Å²) in [6.07, 6.45) is 4.68. The molecule has 1 aromatic carbocycles. The largest absolute Gasteiger partial charge is 0.332 e. The monoisotopic (exact) mass is 368 g/mol. The van der Waals surface area contributed by atoms with Crippen molar-refractivity contribution in [2.24, 2.45) is 14.1 Å². The first-order valence-electron chi connectivity index (χ1n) is 8.76. The van der Waals surface area contributed by atoms with Gasteiger partial charge >= 0.3 is 5.69 Å². The molecule has 1 aliphatic carbocycles. The maximum atomic E-state index is 12.8. The molecule has 3 aromatic rings. The number of hydrogen-bond acceptors (Lipinski definition) is 5. The summed E-state index contributed by atoms with van der Waals surface area (Å²) in [5, 5.41) is 1.57. The number of aromatic nitrogens is 4. The minimum atomic E-state index is -0.378. The highest BCUT2D eigenvalue weighted by atomic mass is 32.2. The van der Waals surface area contributed by atoms with Gasteiger partial charge in [-0.05, 0) is 12.8 Å². The molecule has 0 spiro atoms. The zero-order chi connectivity index (χ0) is 18.3. The van der Waals surface area contributed by atoms with Crippen LogP contribution in [0.5, 0.6) is 0 Å². The van der Waals surface area contributed by atoms with Crippen molar-refractivity contribution in [1.82, 2.24) is 19.1 Å². The molecule has 2 aromatic heterocycles. The van der Waals surface area contributed by atoms with Crippen LogP contribution in [-0.2, 0) is 14.1 Å². The number of benzene rings is 1. The summed E-state index contributed by atoms with van der Waals surface area (Å²) in [6.45, 7) is 0. The van der Waals surface area contributed by atoms with Crippen molar-refractivity contribution < 1.29 is 0 Å². The molecule has 2 heterocycles. The van der Waals surface area contributed by atoms with Gasteiger partial charge < -0.3 is 0 Å². The molecule has 0 saturated heterocycles. The van der Waals surface area contributed by atoms with Crippen LogP contribution in [0.2, 0.25) is 0 Å². The van der Waals surface area contributed by atoms with Crippen molar-refractivity contribution in [1.29, 1.82) is 0 Å². The molecule has 1 aliphatic rings.